The van der Waals surface area contributed by atoms with Crippen LogP contribution in [-0.4, -0.2) is 35.2 Å². The Hall–Kier alpha value is -1.75. The highest BCUT2D eigenvalue weighted by Gasteiger charge is 2.35. The molecule has 24 heavy (non-hydrogen) atoms. The van der Waals surface area contributed by atoms with Gasteiger partial charge in [-0.15, -0.1) is 0 Å². The van der Waals surface area contributed by atoms with Gasteiger partial charge in [-0.3, -0.25) is 4.90 Å². The average molecular weight is 345 g/mol. The lowest BCUT2D eigenvalue weighted by atomic mass is 9.89. The van der Waals surface area contributed by atoms with E-state index in [0.29, 0.717) is 18.8 Å². The van der Waals surface area contributed by atoms with E-state index in [1.165, 1.54) is 5.56 Å². The van der Waals surface area contributed by atoms with Crippen LogP contribution in [0.4, 0.5) is 4.39 Å². The number of aromatic nitrogens is 1. The Labute approximate surface area is 145 Å². The molecule has 1 saturated heterocycles. The molecule has 1 aromatic heterocycles. The minimum atomic E-state index is -0.430. The van der Waals surface area contributed by atoms with E-state index in [1.807, 2.05) is 6.07 Å². The normalized spacial score (nSPS) is 23.8. The molecule has 3 heterocycles. The van der Waals surface area contributed by atoms with Gasteiger partial charge in [0.1, 0.15) is 0 Å². The molecule has 2 unspecified atom stereocenters. The SMILES string of the molecule is Fc1c(C2=CC3COCC(C2)N3Cc2ccccc2)ccnc1Cl. The summed E-state index contributed by atoms with van der Waals surface area (Å²) in [6.07, 6.45) is 4.43. The molecule has 3 nitrogen and oxygen atoms in total. The van der Waals surface area contributed by atoms with Gasteiger partial charge in [0.2, 0.25) is 0 Å². The molecule has 2 aliphatic rings. The second-order valence-electron chi connectivity index (χ2n) is 6.28. The average Bonchev–Trinajstić information content (AvgIpc) is 2.58. The van der Waals surface area contributed by atoms with Crippen molar-refractivity contribution in [2.75, 3.05) is 13.2 Å². The maximum Gasteiger partial charge on any atom is 0.167 e. The predicted octanol–water partition coefficient (Wildman–Crippen LogP) is 3.93. The minimum Gasteiger partial charge on any atom is -0.378 e. The van der Waals surface area contributed by atoms with Crippen molar-refractivity contribution in [1.29, 1.82) is 0 Å². The number of rotatable bonds is 3. The molecule has 0 amide bonds. The van der Waals surface area contributed by atoms with E-state index in [-0.39, 0.29) is 17.2 Å². The van der Waals surface area contributed by atoms with Crippen molar-refractivity contribution in [2.45, 2.75) is 25.0 Å². The number of nitrogens with zero attached hydrogens (tertiary/aromatic N) is 2. The number of fused-ring (bicyclic) bond motifs is 2. The molecule has 0 saturated carbocycles. The van der Waals surface area contributed by atoms with E-state index < -0.39 is 5.82 Å². The Morgan fingerprint density at radius 1 is 1.21 bits per heavy atom. The van der Waals surface area contributed by atoms with E-state index in [1.54, 1.807) is 12.3 Å². The van der Waals surface area contributed by atoms with Crippen LogP contribution in [0.1, 0.15) is 17.5 Å². The van der Waals surface area contributed by atoms with Gasteiger partial charge >= 0.3 is 0 Å². The Bertz CT molecular complexity index is 765. The molecule has 124 valence electrons. The lowest BCUT2D eigenvalue weighted by Gasteiger charge is -2.44. The number of hydrogen-bond acceptors (Lipinski definition) is 3. The monoisotopic (exact) mass is 344 g/mol. The number of halogens is 2. The van der Waals surface area contributed by atoms with Crippen molar-refractivity contribution in [2.24, 2.45) is 0 Å². The van der Waals surface area contributed by atoms with Gasteiger partial charge in [0.05, 0.1) is 19.3 Å². The summed E-state index contributed by atoms with van der Waals surface area (Å²) in [6, 6.07) is 12.5. The molecular formula is C19H18ClFN2O. The smallest absolute Gasteiger partial charge is 0.167 e. The van der Waals surface area contributed by atoms with E-state index in [4.69, 9.17) is 16.3 Å². The van der Waals surface area contributed by atoms with Crippen molar-refractivity contribution in [1.82, 2.24) is 9.88 Å². The fourth-order valence-corrected chi connectivity index (χ4v) is 3.73. The maximum absolute atomic E-state index is 14.3. The summed E-state index contributed by atoms with van der Waals surface area (Å²) in [5, 5.41) is -0.0680. The summed E-state index contributed by atoms with van der Waals surface area (Å²) in [5.74, 6) is -0.430. The Kier molecular flexibility index (Phi) is 4.35. The van der Waals surface area contributed by atoms with Crippen molar-refractivity contribution < 1.29 is 9.13 Å². The summed E-state index contributed by atoms with van der Waals surface area (Å²) in [7, 11) is 0. The van der Waals surface area contributed by atoms with Gasteiger partial charge in [0.15, 0.2) is 11.0 Å². The molecule has 1 aromatic carbocycles. The summed E-state index contributed by atoms with van der Waals surface area (Å²) in [5.41, 5.74) is 2.84. The number of morpholine rings is 1. The number of pyridine rings is 1. The first-order valence-corrected chi connectivity index (χ1v) is 8.48. The minimum absolute atomic E-state index is 0.0680. The molecule has 0 spiro atoms. The molecule has 0 radical (unpaired) electrons. The van der Waals surface area contributed by atoms with E-state index in [2.05, 4.69) is 40.2 Å². The number of ether oxygens (including phenoxy) is 1. The van der Waals surface area contributed by atoms with Crippen LogP contribution in [0.3, 0.4) is 0 Å². The molecule has 2 bridgehead atoms. The van der Waals surface area contributed by atoms with Crippen molar-refractivity contribution in [3.05, 3.63) is 70.8 Å². The molecule has 0 aliphatic carbocycles. The van der Waals surface area contributed by atoms with Crippen molar-refractivity contribution in [3.63, 3.8) is 0 Å². The lowest BCUT2D eigenvalue weighted by molar-refractivity contribution is -0.0403. The van der Waals surface area contributed by atoms with E-state index in [9.17, 15) is 4.39 Å². The standard InChI is InChI=1S/C19H18ClFN2O/c20-19-18(21)17(6-7-22-19)14-8-15-11-24-12-16(9-14)23(15)10-13-4-2-1-3-5-13/h1-8,15-16H,9-12H2. The zero-order chi connectivity index (χ0) is 16.5. The Balaban J connectivity index is 1.64. The highest BCUT2D eigenvalue weighted by Crippen LogP contribution is 2.35. The van der Waals surface area contributed by atoms with Crippen LogP contribution < -0.4 is 0 Å². The molecule has 5 heteroatoms. The van der Waals surface area contributed by atoms with E-state index >= 15 is 0 Å². The van der Waals surface area contributed by atoms with Crippen molar-refractivity contribution in [3.8, 4) is 0 Å². The summed E-state index contributed by atoms with van der Waals surface area (Å²) >= 11 is 5.84. The first-order chi connectivity index (χ1) is 11.7. The van der Waals surface area contributed by atoms with Crippen LogP contribution in [0.15, 0.2) is 48.7 Å². The summed E-state index contributed by atoms with van der Waals surface area (Å²) < 4.78 is 20.1. The molecule has 0 N–H and O–H groups in total. The highest BCUT2D eigenvalue weighted by atomic mass is 35.5. The third-order valence-electron chi connectivity index (χ3n) is 4.74. The van der Waals surface area contributed by atoms with Gasteiger partial charge in [-0.1, -0.05) is 48.0 Å². The van der Waals surface area contributed by atoms with Gasteiger partial charge in [-0.2, -0.15) is 0 Å². The fourth-order valence-electron chi connectivity index (χ4n) is 3.57. The molecule has 2 aromatic rings. The first kappa shape index (κ1) is 15.8. The fraction of sp³-hybridized carbons (Fsp3) is 0.316. The van der Waals surface area contributed by atoms with Crippen LogP contribution >= 0.6 is 11.6 Å². The topological polar surface area (TPSA) is 25.4 Å². The second kappa shape index (κ2) is 6.63. The van der Waals surface area contributed by atoms with Crippen LogP contribution in [0.5, 0.6) is 0 Å². The van der Waals surface area contributed by atoms with Gasteiger partial charge in [-0.05, 0) is 23.6 Å². The van der Waals surface area contributed by atoms with E-state index in [0.717, 1.165) is 18.5 Å². The Morgan fingerprint density at radius 3 is 2.83 bits per heavy atom. The largest absolute Gasteiger partial charge is 0.378 e. The molecule has 2 atom stereocenters. The maximum atomic E-state index is 14.3. The lowest BCUT2D eigenvalue weighted by Crippen LogP contribution is -2.53. The highest BCUT2D eigenvalue weighted by molar-refractivity contribution is 6.29. The summed E-state index contributed by atoms with van der Waals surface area (Å²) in [6.45, 7) is 2.18. The quantitative estimate of drug-likeness (QED) is 0.789. The van der Waals surface area contributed by atoms with Gasteiger partial charge in [-0.25, -0.2) is 9.37 Å². The second-order valence-corrected chi connectivity index (χ2v) is 6.63. The predicted molar refractivity (Wildman–Crippen MR) is 92.2 cm³/mol. The zero-order valence-electron chi connectivity index (χ0n) is 13.2. The third kappa shape index (κ3) is 2.97. The van der Waals surface area contributed by atoms with Gasteiger partial charge < -0.3 is 4.74 Å². The first-order valence-electron chi connectivity index (χ1n) is 8.11. The third-order valence-corrected chi connectivity index (χ3v) is 5.01. The van der Waals surface area contributed by atoms with Gasteiger partial charge in [0, 0.05) is 24.3 Å². The Morgan fingerprint density at radius 2 is 2.04 bits per heavy atom. The van der Waals surface area contributed by atoms with Crippen LogP contribution in [0, 0.1) is 5.82 Å². The molecule has 2 aliphatic heterocycles. The van der Waals surface area contributed by atoms with Gasteiger partial charge in [0.25, 0.3) is 0 Å². The van der Waals surface area contributed by atoms with Crippen LogP contribution in [0.25, 0.3) is 5.57 Å². The zero-order valence-corrected chi connectivity index (χ0v) is 13.9. The van der Waals surface area contributed by atoms with Crippen LogP contribution in [0.2, 0.25) is 5.15 Å². The molecule has 4 rings (SSSR count). The summed E-state index contributed by atoms with van der Waals surface area (Å²) in [4.78, 5) is 6.25. The molecular weight excluding hydrogens is 327 g/mol. The molecule has 1 fully saturated rings. The number of hydrogen-bond donors (Lipinski definition) is 0. The number of benzene rings is 1. The van der Waals surface area contributed by atoms with Crippen molar-refractivity contribution >= 4 is 17.2 Å². The van der Waals surface area contributed by atoms with Crippen LogP contribution in [-0.2, 0) is 11.3 Å².